The Kier molecular flexibility index (Phi) is 11.7. The van der Waals surface area contributed by atoms with Crippen molar-refractivity contribution in [2.75, 3.05) is 0 Å². The first-order chi connectivity index (χ1) is 32.3. The Morgan fingerprint density at radius 3 is 1.74 bits per heavy atom. The van der Waals surface area contributed by atoms with Crippen molar-refractivity contribution < 1.29 is 79.4 Å². The second kappa shape index (κ2) is 17.4. The quantitative estimate of drug-likeness (QED) is 0.0573. The average molecular weight is 958 g/mol. The Balaban J connectivity index is 0.000000153. The van der Waals surface area contributed by atoms with Gasteiger partial charge in [-0.25, -0.2) is 19.2 Å². The molecule has 340 valence electrons. The normalized spacial score (nSPS) is 13.9. The van der Waals surface area contributed by atoms with Crippen LogP contribution < -0.4 is 4.74 Å². The molecule has 1 unspecified atom stereocenters. The van der Waals surface area contributed by atoms with E-state index in [1.165, 1.54) is 48.5 Å². The summed E-state index contributed by atoms with van der Waals surface area (Å²) in [5, 5.41) is 88.3. The molecule has 0 saturated carbocycles. The fourth-order valence-corrected chi connectivity index (χ4v) is 8.14. The molecule has 8 aromatic carbocycles. The number of hydrogen-bond donors (Lipinski definition) is 9. The number of aromatic carboxylic acids is 3. The third kappa shape index (κ3) is 8.05. The highest BCUT2D eigenvalue weighted by Crippen LogP contribution is 2.58. The van der Waals surface area contributed by atoms with Crippen LogP contribution in [0, 0.1) is 0 Å². The number of hydrogen-bond acceptors (Lipinski definition) is 13. The summed E-state index contributed by atoms with van der Waals surface area (Å²) in [6, 6.07) is 29.4. The first kappa shape index (κ1) is 45.6. The first-order valence-electron chi connectivity index (χ1n) is 19.6. The van der Waals surface area contributed by atoms with E-state index in [9.17, 15) is 59.7 Å². The summed E-state index contributed by atoms with van der Waals surface area (Å²) in [6.07, 6.45) is 0. The topological polar surface area (TPSA) is 286 Å². The summed E-state index contributed by atoms with van der Waals surface area (Å²) in [7, 11) is 0. The van der Waals surface area contributed by atoms with Crippen LogP contribution in [0.3, 0.4) is 0 Å². The van der Waals surface area contributed by atoms with Gasteiger partial charge in [0, 0.05) is 45.2 Å². The molecule has 18 heteroatoms. The molecular formula is C50H30Cl2O16. The van der Waals surface area contributed by atoms with E-state index in [-0.39, 0.29) is 77.9 Å². The Bertz CT molecular complexity index is 3490. The minimum Gasteiger partial charge on any atom is -0.508 e. The zero-order chi connectivity index (χ0) is 48.9. The molecule has 9 N–H and O–H groups in total. The molecule has 0 fully saturated rings. The van der Waals surface area contributed by atoms with Crippen molar-refractivity contribution in [1.29, 1.82) is 0 Å². The molecule has 0 aromatic heterocycles. The van der Waals surface area contributed by atoms with Crippen molar-refractivity contribution in [3.8, 4) is 46.0 Å². The van der Waals surface area contributed by atoms with E-state index in [1.54, 1.807) is 42.5 Å². The molecule has 1 spiro atoms. The van der Waals surface area contributed by atoms with E-state index < -0.39 is 41.0 Å². The number of ether oxygens (including phenoxy) is 2. The van der Waals surface area contributed by atoms with Crippen molar-refractivity contribution in [1.82, 2.24) is 0 Å². The summed E-state index contributed by atoms with van der Waals surface area (Å²) in [4.78, 5) is 59.2. The fraction of sp³-hybridized carbons (Fsp3) is 0.0200. The van der Waals surface area contributed by atoms with Crippen molar-refractivity contribution >= 4 is 74.4 Å². The summed E-state index contributed by atoms with van der Waals surface area (Å²) >= 11 is 11.9. The van der Waals surface area contributed by atoms with Gasteiger partial charge in [0.25, 0.3) is 0 Å². The van der Waals surface area contributed by atoms with Gasteiger partial charge in [-0.05, 0) is 108 Å². The number of halogens is 2. The van der Waals surface area contributed by atoms with Gasteiger partial charge in [0.05, 0.1) is 37.9 Å². The third-order valence-corrected chi connectivity index (χ3v) is 11.6. The fourth-order valence-electron chi connectivity index (χ4n) is 7.81. The Morgan fingerprint density at radius 2 is 1.07 bits per heavy atom. The number of ketones is 1. The zero-order valence-electron chi connectivity index (χ0n) is 34.3. The van der Waals surface area contributed by atoms with E-state index in [0.717, 1.165) is 41.8 Å². The van der Waals surface area contributed by atoms with Gasteiger partial charge in [0.15, 0.2) is 11.4 Å². The minimum atomic E-state index is -1.51. The van der Waals surface area contributed by atoms with Crippen LogP contribution in [0.15, 0.2) is 127 Å². The number of carboxylic acids is 3. The lowest BCUT2D eigenvalue weighted by atomic mass is 9.76. The Morgan fingerprint density at radius 1 is 0.485 bits per heavy atom. The van der Waals surface area contributed by atoms with E-state index in [2.05, 4.69) is 0 Å². The maximum atomic E-state index is 13.0. The highest BCUT2D eigenvalue weighted by molar-refractivity contribution is 6.33. The van der Waals surface area contributed by atoms with Gasteiger partial charge in [-0.2, -0.15) is 0 Å². The van der Waals surface area contributed by atoms with E-state index >= 15 is 0 Å². The number of phenols is 6. The van der Waals surface area contributed by atoms with Crippen LogP contribution in [0.25, 0.3) is 21.5 Å². The maximum Gasteiger partial charge on any atom is 0.340 e. The Labute approximate surface area is 391 Å². The lowest BCUT2D eigenvalue weighted by Crippen LogP contribution is -2.33. The molecule has 0 radical (unpaired) electrons. The molecule has 0 bridgehead atoms. The van der Waals surface area contributed by atoms with Gasteiger partial charge in [0.2, 0.25) is 0 Å². The molecule has 2 heterocycles. The van der Waals surface area contributed by atoms with Gasteiger partial charge in [-0.1, -0.05) is 41.4 Å². The van der Waals surface area contributed by atoms with E-state index in [0.29, 0.717) is 38.6 Å². The summed E-state index contributed by atoms with van der Waals surface area (Å²) in [5.74, 6) is -5.58. The number of carbonyl (C=O) groups is 5. The van der Waals surface area contributed by atoms with Crippen LogP contribution >= 0.6 is 23.2 Å². The highest BCUT2D eigenvalue weighted by Gasteiger charge is 2.54. The number of carboxylic acid groups (broad SMARTS) is 3. The standard InChI is InChI=1S/C25H13ClO7.C15H10O7.C10H7ClO2/c26-19-10-15-11(8-20(19)28)2-5-17-22(15)32-21-9-13(27)3-6-16(21)25(17)18-7-12(23(29)30)1-4-14(18)24(31)33-25;16-8-2-4-10(12(17)6-8)13(18)11-5-7(14(19)20)1-3-9(11)15(21)22;11-8-5-7-6(4-10(8)13)2-1-3-9(7)12/h1-10,27-28H,(H,29,30);1-6,16-17H,(H,19,20)(H,21,22);1-5,12-13H. The first-order valence-corrected chi connectivity index (χ1v) is 20.4. The summed E-state index contributed by atoms with van der Waals surface area (Å²) < 4.78 is 12.2. The van der Waals surface area contributed by atoms with Crippen molar-refractivity contribution in [3.63, 3.8) is 0 Å². The van der Waals surface area contributed by atoms with Crippen molar-refractivity contribution in [2.24, 2.45) is 0 Å². The number of fused-ring (bicyclic) bond motifs is 9. The van der Waals surface area contributed by atoms with Gasteiger partial charge in [-0.3, -0.25) is 4.79 Å². The number of rotatable bonds is 5. The average Bonchev–Trinajstić information content (AvgIpc) is 3.58. The SMILES string of the molecule is O=C(O)c1ccc(C(=O)O)c(C(=O)c2ccc(O)cc2O)c1.O=C(O)c1ccc2c(c1)C1(OC2=O)c2ccc(O)cc2Oc2c1ccc1cc(O)c(Cl)cc21.Oc1cc2cccc(O)c2cc1Cl. The molecule has 10 rings (SSSR count). The van der Waals surface area contributed by atoms with Gasteiger partial charge >= 0.3 is 23.9 Å². The Hall–Kier alpha value is -8.99. The number of aromatic hydroxyl groups is 6. The predicted molar refractivity (Wildman–Crippen MR) is 243 cm³/mol. The summed E-state index contributed by atoms with van der Waals surface area (Å²) in [5.41, 5.74) is -1.29. The monoisotopic (exact) mass is 956 g/mol. The third-order valence-electron chi connectivity index (χ3n) is 11.0. The lowest BCUT2D eigenvalue weighted by Gasteiger charge is -2.37. The molecule has 1 atom stereocenters. The van der Waals surface area contributed by atoms with Gasteiger partial charge in [0.1, 0.15) is 46.0 Å². The van der Waals surface area contributed by atoms with Crippen LogP contribution in [0.2, 0.25) is 10.0 Å². The molecule has 0 aliphatic carbocycles. The van der Waals surface area contributed by atoms with Crippen LogP contribution in [-0.2, 0) is 10.3 Å². The van der Waals surface area contributed by atoms with Crippen molar-refractivity contribution in [2.45, 2.75) is 5.60 Å². The van der Waals surface area contributed by atoms with Crippen LogP contribution in [0.5, 0.6) is 46.0 Å². The van der Waals surface area contributed by atoms with Gasteiger partial charge in [-0.15, -0.1) is 0 Å². The molecule has 2 aliphatic heterocycles. The number of phenolic OH excluding ortho intramolecular Hbond substituents is 6. The summed E-state index contributed by atoms with van der Waals surface area (Å²) in [6.45, 7) is 0. The second-order valence-electron chi connectivity index (χ2n) is 15.1. The van der Waals surface area contributed by atoms with Gasteiger partial charge < -0.3 is 55.4 Å². The number of carbonyl (C=O) groups excluding carboxylic acids is 2. The highest BCUT2D eigenvalue weighted by atomic mass is 35.5. The van der Waals surface area contributed by atoms with Crippen LogP contribution in [0.4, 0.5) is 0 Å². The van der Waals surface area contributed by atoms with E-state index in [1.807, 2.05) is 0 Å². The predicted octanol–water partition coefficient (Wildman–Crippen LogP) is 9.80. The molecule has 68 heavy (non-hydrogen) atoms. The van der Waals surface area contributed by atoms with Crippen LogP contribution in [0.1, 0.15) is 74.0 Å². The van der Waals surface area contributed by atoms with E-state index in [4.69, 9.17) is 42.9 Å². The molecule has 16 nitrogen and oxygen atoms in total. The molecule has 8 aromatic rings. The number of benzene rings is 8. The minimum absolute atomic E-state index is 0.00597. The molecule has 2 aliphatic rings. The lowest BCUT2D eigenvalue weighted by molar-refractivity contribution is 0.0224. The second-order valence-corrected chi connectivity index (χ2v) is 15.9. The largest absolute Gasteiger partial charge is 0.508 e. The maximum absolute atomic E-state index is 13.0. The van der Waals surface area contributed by atoms with Crippen LogP contribution in [-0.4, -0.2) is 75.6 Å². The smallest absolute Gasteiger partial charge is 0.340 e. The van der Waals surface area contributed by atoms with Crippen molar-refractivity contribution in [3.05, 3.63) is 188 Å². The molecule has 0 amide bonds. The molecule has 0 saturated heterocycles. The number of esters is 1. The molecular weight excluding hydrogens is 927 g/mol. The zero-order valence-corrected chi connectivity index (χ0v) is 35.8.